The molecule has 0 radical (unpaired) electrons. The molecule has 1 unspecified atom stereocenters. The van der Waals surface area contributed by atoms with Crippen LogP contribution in [0.15, 0.2) is 73.6 Å². The molecular weight excluding hydrogens is 1430 g/mol. The van der Waals surface area contributed by atoms with Gasteiger partial charge in [-0.25, -0.2) is 64.6 Å². The van der Waals surface area contributed by atoms with Crippen LogP contribution in [0.2, 0.25) is 0 Å². The van der Waals surface area contributed by atoms with Gasteiger partial charge in [0.05, 0.1) is 0 Å². The van der Waals surface area contributed by atoms with Crippen LogP contribution in [-0.2, 0) is 0 Å². The molecule has 0 bridgehead atoms. The van der Waals surface area contributed by atoms with Gasteiger partial charge < -0.3 is 49.0 Å². The third-order valence-electron chi connectivity index (χ3n) is 22.1. The Morgan fingerprint density at radius 3 is 0.796 bits per heavy atom. The predicted octanol–water partition coefficient (Wildman–Crippen LogP) is 12.6. The van der Waals surface area contributed by atoms with Crippen molar-refractivity contribution in [2.75, 3.05) is 188 Å². The Labute approximate surface area is 676 Å². The number of amides is 2. The van der Waals surface area contributed by atoms with E-state index in [9.17, 15) is 18.0 Å². The average molecular weight is 1570 g/mol. The summed E-state index contributed by atoms with van der Waals surface area (Å²) in [7, 11) is 7.91. The quantitative estimate of drug-likeness (QED) is 0.0934. The molecule has 12 rings (SSSR count). The van der Waals surface area contributed by atoms with Gasteiger partial charge in [-0.15, -0.1) is 0 Å². The zero-order chi connectivity index (χ0) is 83.1. The number of alkyl halides is 3. The van der Waals surface area contributed by atoms with Gasteiger partial charge in [0.1, 0.15) is 6.04 Å². The zero-order valence-electron chi connectivity index (χ0n) is 73.3. The third-order valence-corrected chi connectivity index (χ3v) is 22.1. The monoisotopic (exact) mass is 1570 g/mol. The minimum absolute atomic E-state index is 0.0708. The summed E-state index contributed by atoms with van der Waals surface area (Å²) in [6, 6.07) is 14.0. The van der Waals surface area contributed by atoms with E-state index in [1.54, 1.807) is 25.2 Å². The van der Waals surface area contributed by atoms with Crippen LogP contribution >= 0.6 is 0 Å². The highest BCUT2D eigenvalue weighted by molar-refractivity contribution is 5.74. The maximum atomic E-state index is 12.7. The minimum atomic E-state index is -4.17. The number of anilines is 6. The molecule has 0 aromatic carbocycles. The second kappa shape index (κ2) is 43.7. The first kappa shape index (κ1) is 92.3. The van der Waals surface area contributed by atoms with Crippen molar-refractivity contribution in [1.82, 2.24) is 94.1 Å². The Balaban J connectivity index is 0.000000188. The molecule has 628 valence electrons. The Kier molecular flexibility index (Phi) is 35.7. The Morgan fingerprint density at radius 1 is 0.345 bits per heavy atom. The number of piperazine rings is 6. The molecule has 6 aromatic rings. The standard InChI is InChI=1S/2C15H26N4.C14H21F3N4.C14H23N5O.2C13H22N4/c2*1-11(2)14-6-7-16-15(17-14)18-8-9-19(12(3)4)13(5)10-18;1-10(2)12-4-5-18-13(19-12)21-8-6-20(7-9-21)11(3)14(15,16)17;1-11(2)12-5-6-15-13(16-12)18-7-9-19(10-8-18)14(20)17(3)4;2*1-10(2)12-5-6-14-13(15-12)17-8-7-16(4)11(3)9-17/h2*6-7,11-13H,8-10H2,1-5H3;4-5,10-11H,6-9H2,1-3H3;5-6,11H,7-10H2,1-4H3;2*5-6,10-11H,7-9H2,1-4H3/t2*13-;;;2*11-/m10..10/s1. The molecule has 0 aliphatic carbocycles. The fourth-order valence-electron chi connectivity index (χ4n) is 14.2. The lowest BCUT2D eigenvalue weighted by molar-refractivity contribution is -0.179. The van der Waals surface area contributed by atoms with E-state index in [4.69, 9.17) is 9.97 Å². The van der Waals surface area contributed by atoms with Gasteiger partial charge in [0, 0.05) is 253 Å². The van der Waals surface area contributed by atoms with E-state index in [0.29, 0.717) is 117 Å². The van der Waals surface area contributed by atoms with Crippen LogP contribution in [0.4, 0.5) is 53.7 Å². The van der Waals surface area contributed by atoms with Crippen LogP contribution in [0.3, 0.4) is 0 Å². The lowest BCUT2D eigenvalue weighted by atomic mass is 10.1. The largest absolute Gasteiger partial charge is 0.403 e. The van der Waals surface area contributed by atoms with Crippen LogP contribution in [0.1, 0.15) is 215 Å². The predicted molar refractivity (Wildman–Crippen MR) is 455 cm³/mol. The number of carbonyl (C=O) groups is 1. The number of likely N-dealkylation sites (N-methyl/N-ethyl adjacent to an activating group) is 2. The molecule has 5 atom stereocenters. The van der Waals surface area contributed by atoms with Crippen molar-refractivity contribution in [1.29, 1.82) is 0 Å². The summed E-state index contributed by atoms with van der Waals surface area (Å²) in [5.41, 5.74) is 6.52. The number of rotatable bonds is 15. The van der Waals surface area contributed by atoms with E-state index in [0.717, 1.165) is 156 Å². The number of halogens is 3. The first-order chi connectivity index (χ1) is 53.4. The number of carbonyl (C=O) groups excluding carboxylic acids is 1. The van der Waals surface area contributed by atoms with Crippen molar-refractivity contribution in [3.63, 3.8) is 0 Å². The normalized spacial score (nSPS) is 20.2. The van der Waals surface area contributed by atoms with Crippen molar-refractivity contribution < 1.29 is 18.0 Å². The van der Waals surface area contributed by atoms with E-state index >= 15 is 0 Å². The summed E-state index contributed by atoms with van der Waals surface area (Å²) < 4.78 is 38.1. The number of aromatic nitrogens is 12. The molecule has 2 amide bonds. The number of nitrogens with zero attached hydrogens (tertiary/aromatic N) is 25. The van der Waals surface area contributed by atoms with Gasteiger partial charge >= 0.3 is 12.2 Å². The highest BCUT2D eigenvalue weighted by Crippen LogP contribution is 2.28. The van der Waals surface area contributed by atoms with Crippen LogP contribution in [0.25, 0.3) is 0 Å². The summed E-state index contributed by atoms with van der Waals surface area (Å²) in [6.45, 7) is 62.3. The Bertz CT molecular complexity index is 3620. The highest BCUT2D eigenvalue weighted by Gasteiger charge is 2.41. The Hall–Kier alpha value is -7.86. The molecule has 6 fully saturated rings. The maximum Gasteiger partial charge on any atom is 0.403 e. The average Bonchev–Trinajstić information content (AvgIpc) is 0.834. The summed E-state index contributed by atoms with van der Waals surface area (Å²) in [6.07, 6.45) is 6.88. The third kappa shape index (κ3) is 27.7. The van der Waals surface area contributed by atoms with Crippen LogP contribution < -0.4 is 29.4 Å². The summed E-state index contributed by atoms with van der Waals surface area (Å²) >= 11 is 0. The SMILES string of the molecule is CC(C)c1ccnc(N2CCN(C(=O)N(C)C)CC2)n1.CC(C)c1ccnc(N2CCN(C(C)C(F)(F)F)CC2)n1.CC(C)c1ccnc(N2CCN(C(C)C)[C@@H](C)C2)n1.CC(C)c1ccnc(N2CCN(C(C)C)[C@H](C)C2)n1.CC(C)c1ccnc(N2CCN(C)[C@@H](C)C2)n1.CC(C)c1ccnc(N2CCN(C)[C@H](C)C2)n1. The molecule has 12 heterocycles. The van der Waals surface area contributed by atoms with E-state index in [1.165, 1.54) is 11.8 Å². The van der Waals surface area contributed by atoms with Gasteiger partial charge in [-0.3, -0.25) is 14.7 Å². The van der Waals surface area contributed by atoms with E-state index < -0.39 is 12.2 Å². The van der Waals surface area contributed by atoms with E-state index in [-0.39, 0.29) is 6.03 Å². The van der Waals surface area contributed by atoms with E-state index in [1.807, 2.05) is 77.2 Å². The molecule has 26 nitrogen and oxygen atoms in total. The number of hydrogen-bond donors (Lipinski definition) is 0. The van der Waals surface area contributed by atoms with E-state index in [2.05, 4.69) is 247 Å². The first-order valence-electron chi connectivity index (χ1n) is 41.6. The molecule has 0 spiro atoms. The van der Waals surface area contributed by atoms with Crippen molar-refractivity contribution in [3.8, 4) is 0 Å². The molecule has 113 heavy (non-hydrogen) atoms. The lowest BCUT2D eigenvalue weighted by Gasteiger charge is -2.42. The molecule has 6 aliphatic rings. The molecule has 0 N–H and O–H groups in total. The summed E-state index contributed by atoms with van der Waals surface area (Å²) in [5, 5.41) is 0. The lowest BCUT2D eigenvalue weighted by Crippen LogP contribution is -2.54. The molecular formula is C84H140F3N25O. The smallest absolute Gasteiger partial charge is 0.338 e. The van der Waals surface area contributed by atoms with Gasteiger partial charge in [-0.2, -0.15) is 13.2 Å². The van der Waals surface area contributed by atoms with Crippen LogP contribution in [0, 0.1) is 0 Å². The van der Waals surface area contributed by atoms with Crippen molar-refractivity contribution in [3.05, 3.63) is 108 Å². The molecule has 6 aromatic heterocycles. The van der Waals surface area contributed by atoms with Crippen LogP contribution in [-0.4, -0.2) is 308 Å². The number of urea groups is 1. The van der Waals surface area contributed by atoms with Gasteiger partial charge in [-0.05, 0) is 148 Å². The van der Waals surface area contributed by atoms with Crippen molar-refractivity contribution >= 4 is 41.7 Å². The summed E-state index contributed by atoms with van der Waals surface area (Å²) in [4.78, 5) is 94.0. The Morgan fingerprint density at radius 2 is 0.575 bits per heavy atom. The van der Waals surface area contributed by atoms with Crippen LogP contribution in [0.5, 0.6) is 0 Å². The second-order valence-electron chi connectivity index (χ2n) is 33.8. The molecule has 6 saturated heterocycles. The van der Waals surface area contributed by atoms with Crippen molar-refractivity contribution in [2.24, 2.45) is 0 Å². The second-order valence-corrected chi connectivity index (χ2v) is 33.8. The molecule has 6 aliphatic heterocycles. The fraction of sp³-hybridized carbons (Fsp3) is 0.702. The fourth-order valence-corrected chi connectivity index (χ4v) is 14.2. The number of hydrogen-bond acceptors (Lipinski definition) is 24. The maximum absolute atomic E-state index is 12.7. The highest BCUT2D eigenvalue weighted by atomic mass is 19.4. The molecule has 29 heteroatoms. The topological polar surface area (TPSA) is 214 Å². The van der Waals surface area contributed by atoms with Gasteiger partial charge in [-0.1, -0.05) is 83.1 Å². The van der Waals surface area contributed by atoms with Gasteiger partial charge in [0.15, 0.2) is 0 Å². The van der Waals surface area contributed by atoms with Gasteiger partial charge in [0.2, 0.25) is 35.7 Å². The first-order valence-corrected chi connectivity index (χ1v) is 41.6. The zero-order valence-corrected chi connectivity index (χ0v) is 73.3. The van der Waals surface area contributed by atoms with Crippen molar-refractivity contribution in [2.45, 2.75) is 229 Å². The summed E-state index contributed by atoms with van der Waals surface area (Å²) in [5.74, 6) is 7.46. The minimum Gasteiger partial charge on any atom is -0.338 e. The molecule has 0 saturated carbocycles. The van der Waals surface area contributed by atoms with Gasteiger partial charge in [0.25, 0.3) is 0 Å².